The van der Waals surface area contributed by atoms with Gasteiger partial charge in [0.25, 0.3) is 0 Å². The Morgan fingerprint density at radius 3 is 2.41 bits per heavy atom. The van der Waals surface area contributed by atoms with Crippen LogP contribution >= 0.6 is 0 Å². The number of nitrogens with zero attached hydrogens (tertiary/aromatic N) is 1. The second-order valence-electron chi connectivity index (χ2n) is 4.84. The average molecular weight is 303 g/mol. The minimum absolute atomic E-state index is 0. The zero-order valence-electron chi connectivity index (χ0n) is 12.9. The van der Waals surface area contributed by atoms with Crippen LogP contribution in [0.4, 0.5) is 0 Å². The number of carbonyl (C=O) groups is 1. The molecule has 0 unspecified atom stereocenters. The molecule has 0 aliphatic carbocycles. The van der Waals surface area contributed by atoms with Gasteiger partial charge in [0.15, 0.2) is 0 Å². The molecule has 0 radical (unpaired) electrons. The molecule has 22 heavy (non-hydrogen) atoms. The van der Waals surface area contributed by atoms with Crippen LogP contribution in [0.5, 0.6) is 0 Å². The molecule has 4 heteroatoms. The van der Waals surface area contributed by atoms with E-state index >= 15 is 0 Å². The second-order valence-corrected chi connectivity index (χ2v) is 4.84. The summed E-state index contributed by atoms with van der Waals surface area (Å²) in [6.45, 7) is 0. The van der Waals surface area contributed by atoms with E-state index in [1.165, 1.54) is 0 Å². The van der Waals surface area contributed by atoms with Crippen molar-refractivity contribution in [3.8, 4) is 0 Å². The zero-order chi connectivity index (χ0) is 14.9. The standard InChI is InChI=1S/C18H19NO2.Na/c20-18(21)12-6-2-5-11-17(15-8-3-1-4-9-15)16-10-7-13-19-14-16;/h1,3-4,7-11,13-14H,2,5-6,12H2,(H,20,21);/q;+1/p-1/b17-11+;. The predicted octanol–water partition coefficient (Wildman–Crippen LogP) is -0.172. The Balaban J connectivity index is 0.00000242. The fraction of sp³-hybridized carbons (Fsp3) is 0.222. The number of carbonyl (C=O) groups excluding carboxylic acids is 1. The first-order chi connectivity index (χ1) is 10.3. The first-order valence-corrected chi connectivity index (χ1v) is 7.13. The predicted molar refractivity (Wildman–Crippen MR) is 81.2 cm³/mol. The molecule has 0 saturated heterocycles. The molecule has 0 aliphatic heterocycles. The van der Waals surface area contributed by atoms with Gasteiger partial charge in [0.2, 0.25) is 0 Å². The largest absolute Gasteiger partial charge is 1.00 e. The van der Waals surface area contributed by atoms with E-state index in [4.69, 9.17) is 0 Å². The molecule has 0 fully saturated rings. The smallest absolute Gasteiger partial charge is 0.550 e. The molecule has 0 aliphatic rings. The maximum Gasteiger partial charge on any atom is 1.00 e. The van der Waals surface area contributed by atoms with Gasteiger partial charge in [-0.05, 0) is 42.9 Å². The van der Waals surface area contributed by atoms with E-state index in [1.807, 2.05) is 36.5 Å². The van der Waals surface area contributed by atoms with Gasteiger partial charge in [0.1, 0.15) is 0 Å². The summed E-state index contributed by atoms with van der Waals surface area (Å²) in [5.74, 6) is -0.977. The number of carboxylic acid groups (broad SMARTS) is 1. The van der Waals surface area contributed by atoms with E-state index < -0.39 is 5.97 Å². The van der Waals surface area contributed by atoms with Gasteiger partial charge in [0, 0.05) is 23.9 Å². The number of aliphatic carboxylic acids is 1. The van der Waals surface area contributed by atoms with Crippen LogP contribution in [0.3, 0.4) is 0 Å². The summed E-state index contributed by atoms with van der Waals surface area (Å²) in [6.07, 6.45) is 8.21. The maximum absolute atomic E-state index is 10.4. The molecular formula is C18H18NNaO2. The van der Waals surface area contributed by atoms with Gasteiger partial charge in [-0.1, -0.05) is 42.5 Å². The van der Waals surface area contributed by atoms with Gasteiger partial charge in [-0.3, -0.25) is 4.98 Å². The van der Waals surface area contributed by atoms with Crippen molar-refractivity contribution in [2.24, 2.45) is 0 Å². The molecule has 2 rings (SSSR count). The summed E-state index contributed by atoms with van der Waals surface area (Å²) in [6, 6.07) is 14.1. The molecule has 1 heterocycles. The number of hydrogen-bond acceptors (Lipinski definition) is 3. The van der Waals surface area contributed by atoms with Gasteiger partial charge in [-0.25, -0.2) is 0 Å². The molecule has 1 aromatic heterocycles. The number of pyridine rings is 1. The van der Waals surface area contributed by atoms with Gasteiger partial charge in [-0.15, -0.1) is 0 Å². The molecule has 0 atom stereocenters. The summed E-state index contributed by atoms with van der Waals surface area (Å²) in [5, 5.41) is 10.4. The van der Waals surface area contributed by atoms with Crippen LogP contribution in [0.25, 0.3) is 5.57 Å². The quantitative estimate of drug-likeness (QED) is 0.527. The number of benzene rings is 1. The summed E-state index contributed by atoms with van der Waals surface area (Å²) >= 11 is 0. The van der Waals surface area contributed by atoms with Crippen LogP contribution in [0.2, 0.25) is 0 Å². The normalized spacial score (nSPS) is 10.8. The fourth-order valence-corrected chi connectivity index (χ4v) is 2.20. The second kappa shape index (κ2) is 10.3. The third kappa shape index (κ3) is 6.14. The van der Waals surface area contributed by atoms with Crippen LogP contribution in [-0.4, -0.2) is 11.0 Å². The third-order valence-electron chi connectivity index (χ3n) is 3.24. The summed E-state index contributed by atoms with van der Waals surface area (Å²) < 4.78 is 0. The molecule has 1 aromatic carbocycles. The molecule has 108 valence electrons. The zero-order valence-corrected chi connectivity index (χ0v) is 14.9. The third-order valence-corrected chi connectivity index (χ3v) is 3.24. The monoisotopic (exact) mass is 303 g/mol. The topological polar surface area (TPSA) is 53.0 Å². The van der Waals surface area contributed by atoms with Crippen molar-refractivity contribution < 1.29 is 39.5 Å². The molecule has 0 N–H and O–H groups in total. The molecule has 0 saturated carbocycles. The van der Waals surface area contributed by atoms with Crippen molar-refractivity contribution in [2.45, 2.75) is 25.7 Å². The first-order valence-electron chi connectivity index (χ1n) is 7.13. The Hall–Kier alpha value is -1.42. The molecule has 2 aromatic rings. The number of rotatable bonds is 7. The van der Waals surface area contributed by atoms with Crippen LogP contribution in [0, 0.1) is 0 Å². The van der Waals surface area contributed by atoms with Crippen molar-refractivity contribution in [3.05, 3.63) is 72.1 Å². The SMILES string of the molecule is O=C([O-])CCCC/C=C(\c1ccccc1)c1cccnc1.[Na+]. The molecule has 3 nitrogen and oxygen atoms in total. The average Bonchev–Trinajstić information content (AvgIpc) is 2.52. The summed E-state index contributed by atoms with van der Waals surface area (Å²) in [7, 11) is 0. The van der Waals surface area contributed by atoms with Gasteiger partial charge >= 0.3 is 29.6 Å². The minimum Gasteiger partial charge on any atom is -0.550 e. The Morgan fingerprint density at radius 2 is 1.77 bits per heavy atom. The molecule has 0 bridgehead atoms. The molecule has 0 amide bonds. The van der Waals surface area contributed by atoms with Gasteiger partial charge in [-0.2, -0.15) is 0 Å². The molecule has 0 spiro atoms. The maximum atomic E-state index is 10.4. The van der Waals surface area contributed by atoms with E-state index in [0.29, 0.717) is 6.42 Å². The van der Waals surface area contributed by atoms with Crippen molar-refractivity contribution in [2.75, 3.05) is 0 Å². The van der Waals surface area contributed by atoms with E-state index in [1.54, 1.807) is 6.20 Å². The van der Waals surface area contributed by atoms with E-state index in [2.05, 4.69) is 23.2 Å². The Bertz CT molecular complexity index is 555. The van der Waals surface area contributed by atoms with Crippen molar-refractivity contribution >= 4 is 11.5 Å². The number of hydrogen-bond donors (Lipinski definition) is 0. The summed E-state index contributed by atoms with van der Waals surface area (Å²) in [5.41, 5.74) is 3.35. The van der Waals surface area contributed by atoms with Gasteiger partial charge in [0.05, 0.1) is 0 Å². The number of carboxylic acids is 1. The fourth-order valence-electron chi connectivity index (χ4n) is 2.20. The van der Waals surface area contributed by atoms with E-state index in [9.17, 15) is 9.90 Å². The summed E-state index contributed by atoms with van der Waals surface area (Å²) in [4.78, 5) is 14.6. The Morgan fingerprint density at radius 1 is 1.05 bits per heavy atom. The Labute approximate surface area is 153 Å². The van der Waals surface area contributed by atoms with Crippen LogP contribution in [0.1, 0.15) is 36.8 Å². The molecular weight excluding hydrogens is 285 g/mol. The van der Waals surface area contributed by atoms with Crippen molar-refractivity contribution in [1.82, 2.24) is 4.98 Å². The van der Waals surface area contributed by atoms with E-state index in [-0.39, 0.29) is 36.0 Å². The van der Waals surface area contributed by atoms with Crippen LogP contribution < -0.4 is 34.7 Å². The number of aromatic nitrogens is 1. The van der Waals surface area contributed by atoms with Crippen LogP contribution in [0.15, 0.2) is 60.9 Å². The van der Waals surface area contributed by atoms with E-state index in [0.717, 1.165) is 29.5 Å². The van der Waals surface area contributed by atoms with Gasteiger partial charge < -0.3 is 9.90 Å². The minimum atomic E-state index is -0.977. The Kier molecular flexibility index (Phi) is 8.75. The van der Waals surface area contributed by atoms with Crippen molar-refractivity contribution in [1.29, 1.82) is 0 Å². The van der Waals surface area contributed by atoms with Crippen molar-refractivity contribution in [3.63, 3.8) is 0 Å². The number of unbranched alkanes of at least 4 members (excludes halogenated alkanes) is 2. The number of allylic oxidation sites excluding steroid dienone is 1. The first kappa shape index (κ1) is 18.6. The van der Waals surface area contributed by atoms with Crippen LogP contribution in [-0.2, 0) is 4.79 Å².